The van der Waals surface area contributed by atoms with E-state index in [-0.39, 0.29) is 17.7 Å². The van der Waals surface area contributed by atoms with Crippen LogP contribution in [0.5, 0.6) is 0 Å². The molecule has 0 saturated heterocycles. The van der Waals surface area contributed by atoms with Gasteiger partial charge in [0.2, 0.25) is 5.91 Å². The predicted molar refractivity (Wildman–Crippen MR) is 111 cm³/mol. The lowest BCUT2D eigenvalue weighted by Crippen LogP contribution is -2.31. The monoisotopic (exact) mass is 385 g/mol. The van der Waals surface area contributed by atoms with Gasteiger partial charge in [0.05, 0.1) is 0 Å². The molecule has 1 heterocycles. The molecule has 29 heavy (non-hydrogen) atoms. The molecule has 1 aromatic heterocycles. The average molecular weight is 385 g/mol. The molecular weight excluding hydrogens is 362 g/mol. The molecule has 0 amide bonds. The lowest BCUT2D eigenvalue weighted by molar-refractivity contribution is 0.0810. The number of carbonyl (C=O) groups excluding carboxylic acids is 1. The van der Waals surface area contributed by atoms with Crippen molar-refractivity contribution >= 4 is 17.0 Å². The molecule has 3 atom stereocenters. The summed E-state index contributed by atoms with van der Waals surface area (Å²) in [6.45, 7) is 0. The highest BCUT2D eigenvalue weighted by molar-refractivity contribution is 5.93. The van der Waals surface area contributed by atoms with E-state index in [9.17, 15) is 9.59 Å². The number of benzene rings is 2. The Hall–Kier alpha value is -2.88. The molecule has 0 radical (unpaired) electrons. The topological polar surface area (TPSA) is 52.2 Å². The molecule has 0 N–H and O–H groups in total. The van der Waals surface area contributed by atoms with Gasteiger partial charge in [0.1, 0.15) is 5.52 Å². The van der Waals surface area contributed by atoms with Gasteiger partial charge in [-0.25, -0.2) is 9.36 Å². The van der Waals surface area contributed by atoms with Crippen LogP contribution >= 0.6 is 0 Å². The van der Waals surface area contributed by atoms with E-state index in [1.54, 1.807) is 0 Å². The number of rotatable bonds is 1. The zero-order valence-electron chi connectivity index (χ0n) is 16.3. The summed E-state index contributed by atoms with van der Waals surface area (Å²) < 4.78 is 7.09. The summed E-state index contributed by atoms with van der Waals surface area (Å²) in [4.78, 5) is 26.3. The first kappa shape index (κ1) is 17.0. The molecule has 4 nitrogen and oxygen atoms in total. The lowest BCUT2D eigenvalue weighted by atomic mass is 9.92. The van der Waals surface area contributed by atoms with E-state index in [2.05, 4.69) is 48.6 Å². The molecular formula is C25H23NO3. The minimum atomic E-state index is -0.528. The maximum absolute atomic E-state index is 13.5. The fourth-order valence-electron chi connectivity index (χ4n) is 5.50. The van der Waals surface area contributed by atoms with Crippen molar-refractivity contribution in [3.8, 4) is 0 Å². The molecule has 0 aliphatic heterocycles. The Morgan fingerprint density at radius 2 is 1.55 bits per heavy atom. The first-order valence-electron chi connectivity index (χ1n) is 10.6. The molecule has 9 rings (SSSR count). The molecule has 2 aromatic carbocycles. The molecule has 6 aliphatic carbocycles. The summed E-state index contributed by atoms with van der Waals surface area (Å²) in [5.74, 6) is 0.0304. The van der Waals surface area contributed by atoms with Crippen molar-refractivity contribution in [2.75, 3.05) is 0 Å². The molecule has 6 bridgehead atoms. The number of nitrogens with zero attached hydrogens (tertiary/aromatic N) is 1. The third-order valence-electron chi connectivity index (χ3n) is 7.10. The first-order chi connectivity index (χ1) is 14.2. The highest BCUT2D eigenvalue weighted by Crippen LogP contribution is 2.44. The van der Waals surface area contributed by atoms with Gasteiger partial charge in [0.15, 0.2) is 5.58 Å². The second-order valence-corrected chi connectivity index (χ2v) is 8.81. The summed E-state index contributed by atoms with van der Waals surface area (Å²) in [6, 6.07) is 12.9. The van der Waals surface area contributed by atoms with Gasteiger partial charge in [-0.2, -0.15) is 0 Å². The number of carbonyl (C=O) groups is 1. The highest BCUT2D eigenvalue weighted by Gasteiger charge is 2.41. The van der Waals surface area contributed by atoms with Crippen LogP contribution in [0.15, 0.2) is 57.8 Å². The number of aromatic nitrogens is 1. The van der Waals surface area contributed by atoms with Gasteiger partial charge < -0.3 is 4.42 Å². The zero-order chi connectivity index (χ0) is 19.5. The number of allylic oxidation sites excluding steroid dienone is 2. The van der Waals surface area contributed by atoms with E-state index in [4.69, 9.17) is 4.42 Å². The van der Waals surface area contributed by atoms with Crippen LogP contribution in [-0.4, -0.2) is 10.5 Å². The zero-order valence-corrected chi connectivity index (χ0v) is 16.3. The number of fused-ring (bicyclic) bond motifs is 2. The Kier molecular flexibility index (Phi) is 3.70. The summed E-state index contributed by atoms with van der Waals surface area (Å²) in [7, 11) is 0. The van der Waals surface area contributed by atoms with Gasteiger partial charge in [-0.05, 0) is 72.6 Å². The maximum Gasteiger partial charge on any atom is 0.426 e. The molecule has 6 aliphatic rings. The number of hydrogen-bond donors (Lipinski definition) is 0. The van der Waals surface area contributed by atoms with Crippen LogP contribution in [0, 0.1) is 17.8 Å². The van der Waals surface area contributed by atoms with Crippen LogP contribution < -0.4 is 5.76 Å². The molecule has 1 saturated carbocycles. The summed E-state index contributed by atoms with van der Waals surface area (Å²) in [6.07, 6.45) is 9.58. The normalized spacial score (nSPS) is 24.9. The summed E-state index contributed by atoms with van der Waals surface area (Å²) >= 11 is 0. The molecule has 1 fully saturated rings. The van der Waals surface area contributed by atoms with Crippen molar-refractivity contribution in [2.24, 2.45) is 17.8 Å². The summed E-state index contributed by atoms with van der Waals surface area (Å²) in [5.41, 5.74) is 5.89. The molecule has 3 aromatic rings. The third-order valence-corrected chi connectivity index (χ3v) is 7.10. The Morgan fingerprint density at radius 3 is 2.21 bits per heavy atom. The Balaban J connectivity index is 1.50. The molecule has 4 heteroatoms. The third kappa shape index (κ3) is 2.65. The van der Waals surface area contributed by atoms with Crippen molar-refractivity contribution in [3.63, 3.8) is 0 Å². The maximum atomic E-state index is 13.5. The average Bonchev–Trinajstić information content (AvgIpc) is 3.43. The van der Waals surface area contributed by atoms with Crippen molar-refractivity contribution in [1.29, 1.82) is 0 Å². The van der Waals surface area contributed by atoms with Crippen LogP contribution in [0.4, 0.5) is 0 Å². The quantitative estimate of drug-likeness (QED) is 0.586. The number of aryl methyl sites for hydroxylation is 4. The standard InChI is InChI=1S/C25H23NO3/c27-24(21-14-17-7-10-20(21)13-17)26-22-18-8-5-15-1-3-16(4-2-15)6-9-19(12-11-18)23(22)29-25(26)28/h1-4,7,10-12,17,20-21H,5-6,8-9,13-14H2/t17-,20+,21+/m1/s1. The van der Waals surface area contributed by atoms with E-state index >= 15 is 0 Å². The van der Waals surface area contributed by atoms with E-state index in [1.165, 1.54) is 15.7 Å². The largest absolute Gasteiger partial charge is 0.426 e. The first-order valence-corrected chi connectivity index (χ1v) is 10.6. The van der Waals surface area contributed by atoms with Crippen molar-refractivity contribution in [3.05, 3.63) is 81.4 Å². The Morgan fingerprint density at radius 1 is 0.862 bits per heavy atom. The van der Waals surface area contributed by atoms with Crippen LogP contribution in [0.3, 0.4) is 0 Å². The number of oxazole rings is 1. The van der Waals surface area contributed by atoms with Crippen molar-refractivity contribution in [1.82, 2.24) is 4.57 Å². The minimum absolute atomic E-state index is 0.0839. The fraction of sp³-hybridized carbons (Fsp3) is 0.360. The van der Waals surface area contributed by atoms with E-state index in [1.807, 2.05) is 0 Å². The summed E-state index contributed by atoms with van der Waals surface area (Å²) in [5, 5.41) is 0. The highest BCUT2D eigenvalue weighted by atomic mass is 16.4. The van der Waals surface area contributed by atoms with Gasteiger partial charge >= 0.3 is 5.76 Å². The van der Waals surface area contributed by atoms with Gasteiger partial charge in [0, 0.05) is 5.92 Å². The Bertz CT molecular complexity index is 1210. The van der Waals surface area contributed by atoms with E-state index < -0.39 is 5.76 Å². The van der Waals surface area contributed by atoms with Crippen molar-refractivity contribution in [2.45, 2.75) is 38.5 Å². The molecule has 0 spiro atoms. The van der Waals surface area contributed by atoms with E-state index in [0.717, 1.165) is 49.7 Å². The SMILES string of the molecule is O=C([C@H]1C[C@@H]2C=C[C@H]1C2)n1c(=O)oc2c3ccc(c21)CCc1ccc(cc1)CC3. The lowest BCUT2D eigenvalue weighted by Gasteiger charge is -2.17. The van der Waals surface area contributed by atoms with E-state index in [0.29, 0.717) is 17.0 Å². The Labute approximate surface area is 168 Å². The second-order valence-electron chi connectivity index (χ2n) is 8.81. The van der Waals surface area contributed by atoms with Gasteiger partial charge in [-0.1, -0.05) is 48.6 Å². The van der Waals surface area contributed by atoms with Crippen molar-refractivity contribution < 1.29 is 9.21 Å². The van der Waals surface area contributed by atoms with Crippen LogP contribution in [-0.2, 0) is 25.7 Å². The van der Waals surface area contributed by atoms with Crippen LogP contribution in [0.1, 0.15) is 39.9 Å². The molecule has 146 valence electrons. The van der Waals surface area contributed by atoms with Gasteiger partial charge in [0.25, 0.3) is 0 Å². The molecule has 0 unspecified atom stereocenters. The smallest absolute Gasteiger partial charge is 0.407 e. The minimum Gasteiger partial charge on any atom is -0.407 e. The predicted octanol–water partition coefficient (Wildman–Crippen LogP) is 4.33. The fourth-order valence-corrected chi connectivity index (χ4v) is 5.50. The van der Waals surface area contributed by atoms with Gasteiger partial charge in [-0.15, -0.1) is 0 Å². The van der Waals surface area contributed by atoms with Crippen LogP contribution in [0.25, 0.3) is 11.1 Å². The van der Waals surface area contributed by atoms with Crippen LogP contribution in [0.2, 0.25) is 0 Å². The van der Waals surface area contributed by atoms with Gasteiger partial charge in [-0.3, -0.25) is 4.79 Å². The second kappa shape index (κ2) is 6.31. The number of hydrogen-bond acceptors (Lipinski definition) is 3.